The molecule has 0 saturated heterocycles. The molecule has 50 heavy (non-hydrogen) atoms. The van der Waals surface area contributed by atoms with E-state index >= 15 is 0 Å². The summed E-state index contributed by atoms with van der Waals surface area (Å²) in [6.07, 6.45) is -5.78. The highest BCUT2D eigenvalue weighted by Crippen LogP contribution is 1.87. The number of hydrogen-bond acceptors (Lipinski definition) is 14. The second kappa shape index (κ2) is 46.5. The van der Waals surface area contributed by atoms with Crippen LogP contribution in [0.15, 0.2) is 0 Å². The number of aliphatic hydroxyl groups excluding tert-OH is 2. The van der Waals surface area contributed by atoms with Gasteiger partial charge in [0.15, 0.2) is 0 Å². The highest BCUT2D eigenvalue weighted by molar-refractivity contribution is 5.77. The summed E-state index contributed by atoms with van der Waals surface area (Å²) in [4.78, 5) is 47.7. The molecular formula is C32H76N8O10. The number of rotatable bonds is 22. The van der Waals surface area contributed by atoms with Crippen molar-refractivity contribution >= 4 is 23.9 Å². The molecule has 304 valence electrons. The van der Waals surface area contributed by atoms with Crippen LogP contribution >= 0.6 is 0 Å². The number of nitrogens with zero attached hydrogens (tertiary/aromatic N) is 4. The van der Waals surface area contributed by atoms with Crippen molar-refractivity contribution in [2.45, 2.75) is 80.4 Å². The van der Waals surface area contributed by atoms with Gasteiger partial charge in [-0.2, -0.15) is 0 Å². The predicted octanol–water partition coefficient (Wildman–Crippen LogP) is -9.25. The van der Waals surface area contributed by atoms with Crippen LogP contribution < -0.4 is 43.4 Å². The van der Waals surface area contributed by atoms with Crippen molar-refractivity contribution < 1.29 is 72.8 Å². The second-order valence-electron chi connectivity index (χ2n) is 10.3. The lowest BCUT2D eigenvalue weighted by atomic mass is 10.3. The van der Waals surface area contributed by atoms with Gasteiger partial charge >= 0.3 is 0 Å². The molecule has 0 spiro atoms. The molecule has 0 bridgehead atoms. The smallest absolute Gasteiger partial charge is 0.0985 e. The van der Waals surface area contributed by atoms with Gasteiger partial charge in [0.1, 0.15) is 0 Å². The van der Waals surface area contributed by atoms with Crippen LogP contribution in [0.25, 0.3) is 0 Å². The zero-order valence-electron chi connectivity index (χ0n) is 32.7. The third kappa shape index (κ3) is 52.3. The lowest BCUT2D eigenvalue weighted by Crippen LogP contribution is -2.54. The van der Waals surface area contributed by atoms with E-state index in [4.69, 9.17) is 10.2 Å². The van der Waals surface area contributed by atoms with Crippen LogP contribution in [0, 0.1) is 0 Å². The van der Waals surface area contributed by atoms with Crippen molar-refractivity contribution in [2.24, 2.45) is 0 Å². The van der Waals surface area contributed by atoms with Gasteiger partial charge in [-0.3, -0.25) is 19.6 Å². The molecule has 0 aromatic heterocycles. The fourth-order valence-electron chi connectivity index (χ4n) is 3.54. The molecule has 0 aromatic rings. The molecule has 0 aliphatic rings. The number of aliphatic hydroxyl groups is 2. The fourth-order valence-corrected chi connectivity index (χ4v) is 3.54. The van der Waals surface area contributed by atoms with Crippen molar-refractivity contribution in [3.63, 3.8) is 0 Å². The zero-order valence-corrected chi connectivity index (χ0v) is 32.7. The Hall–Kier alpha value is -2.52. The molecule has 0 radical (unpaired) electrons. The Kier molecular flexibility index (Phi) is 55.4. The molecule has 0 amide bonds. The summed E-state index contributed by atoms with van der Waals surface area (Å²) < 4.78 is 0. The van der Waals surface area contributed by atoms with Crippen molar-refractivity contribution in [3.8, 4) is 0 Å². The summed E-state index contributed by atoms with van der Waals surface area (Å²) >= 11 is 0. The molecule has 0 rings (SSSR count). The van der Waals surface area contributed by atoms with Gasteiger partial charge in [-0.15, -0.1) is 0 Å². The van der Waals surface area contributed by atoms with E-state index < -0.39 is 48.9 Å². The Bertz CT molecular complexity index is 654. The van der Waals surface area contributed by atoms with Gasteiger partial charge in [0.2, 0.25) is 0 Å². The first kappa shape index (κ1) is 59.6. The molecule has 0 aliphatic carbocycles. The monoisotopic (exact) mass is 733 g/mol. The highest BCUT2D eigenvalue weighted by Gasteiger charge is 2.04. The van der Waals surface area contributed by atoms with E-state index in [0.29, 0.717) is 0 Å². The van der Waals surface area contributed by atoms with Crippen LogP contribution in [0.3, 0.4) is 0 Å². The number of carbonyl (C=O) groups is 4. The number of aliphatic carboxylic acids is 4. The Morgan fingerprint density at radius 1 is 0.440 bits per heavy atom. The van der Waals surface area contributed by atoms with Crippen molar-refractivity contribution in [1.82, 2.24) is 19.6 Å². The maximum atomic E-state index is 9.58. The molecule has 2 unspecified atom stereocenters. The normalized spacial score (nSPS) is 11.2. The first-order chi connectivity index (χ1) is 23.5. The fraction of sp³-hybridized carbons (Fsp3) is 0.875. The van der Waals surface area contributed by atoms with E-state index in [0.717, 1.165) is 105 Å². The molecule has 14 N–H and O–H groups in total. The van der Waals surface area contributed by atoms with Crippen LogP contribution in [0.2, 0.25) is 0 Å². The SMILES string of the molecule is CCN(CC)CC[NH3+].CCN(CC)CC[NH3+].CCN(CC)CC[NH3+].CCN(CC)CC[NH3+].O=C([O-])CC(O)C(=O)[O-].O=C([O-])CC(O)C(=O)[O-]. The third-order valence-corrected chi connectivity index (χ3v) is 6.74. The Labute approximate surface area is 301 Å². The number of carbonyl (C=O) groups excluding carboxylic acids is 4. The molecule has 2 atom stereocenters. The number of quaternary nitrogens is 4. The van der Waals surface area contributed by atoms with Gasteiger partial charge in [-0.25, -0.2) is 0 Å². The molecule has 0 aromatic carbocycles. The topological polar surface area (TPSA) is 324 Å². The van der Waals surface area contributed by atoms with Gasteiger partial charge in [0.25, 0.3) is 0 Å². The quantitative estimate of drug-likeness (QED) is 0.0602. The van der Waals surface area contributed by atoms with Gasteiger partial charge < -0.3 is 72.8 Å². The molecular weight excluding hydrogens is 656 g/mol. The third-order valence-electron chi connectivity index (χ3n) is 6.74. The number of carboxylic acid groups (broad SMARTS) is 4. The summed E-state index contributed by atoms with van der Waals surface area (Å²) in [5, 5.41) is 54.7. The predicted molar refractivity (Wildman–Crippen MR) is 183 cm³/mol. The van der Waals surface area contributed by atoms with E-state index in [1.54, 1.807) is 0 Å². The lowest BCUT2D eigenvalue weighted by Gasteiger charge is -2.14. The van der Waals surface area contributed by atoms with Gasteiger partial charge in [-0.1, -0.05) is 55.4 Å². The Balaban J connectivity index is -0.000000116. The second-order valence-corrected chi connectivity index (χ2v) is 10.3. The minimum absolute atomic E-state index is 0.928. The van der Waals surface area contributed by atoms with Gasteiger partial charge in [0.05, 0.1) is 50.3 Å². The minimum atomic E-state index is -1.96. The molecule has 0 saturated carbocycles. The average molecular weight is 733 g/mol. The molecule has 0 aliphatic heterocycles. The van der Waals surface area contributed by atoms with Crippen molar-refractivity contribution in [2.75, 3.05) is 105 Å². The van der Waals surface area contributed by atoms with Crippen molar-refractivity contribution in [1.29, 1.82) is 0 Å². The number of carboxylic acids is 4. The lowest BCUT2D eigenvalue weighted by molar-refractivity contribution is -0.369. The maximum absolute atomic E-state index is 9.58. The highest BCUT2D eigenvalue weighted by atomic mass is 16.4. The van der Waals surface area contributed by atoms with Gasteiger partial charge in [0, 0.05) is 51.0 Å². The average Bonchev–Trinajstić information content (AvgIpc) is 3.08. The maximum Gasteiger partial charge on any atom is 0.0985 e. The van der Waals surface area contributed by atoms with E-state index in [9.17, 15) is 39.6 Å². The van der Waals surface area contributed by atoms with Crippen LogP contribution in [-0.2, 0) is 19.2 Å². The first-order valence-corrected chi connectivity index (χ1v) is 17.7. The summed E-state index contributed by atoms with van der Waals surface area (Å²) in [5.41, 5.74) is 15.1. The summed E-state index contributed by atoms with van der Waals surface area (Å²) in [5.74, 6) is -6.85. The number of likely N-dealkylation sites (N-methyl/N-ethyl adjacent to an activating group) is 4. The van der Waals surface area contributed by atoms with Crippen LogP contribution in [0.5, 0.6) is 0 Å². The molecule has 18 heteroatoms. The molecule has 0 heterocycles. The van der Waals surface area contributed by atoms with Crippen LogP contribution in [-0.4, -0.2) is 171 Å². The standard InChI is InChI=1S/4C6H16N2.2C4H6O5/c4*1-3-8(4-2)6-5-7;2*5-2(4(8)9)1-3(6)7/h4*3-7H2,1-2H3;2*2,5H,1H2,(H,6,7)(H,8,9). The van der Waals surface area contributed by atoms with E-state index in [-0.39, 0.29) is 0 Å². The summed E-state index contributed by atoms with van der Waals surface area (Å²) in [7, 11) is 0. The Morgan fingerprint density at radius 3 is 0.640 bits per heavy atom. The minimum Gasteiger partial charge on any atom is -0.550 e. The zero-order chi connectivity index (χ0) is 40.5. The number of hydrogen-bond donors (Lipinski definition) is 6. The summed E-state index contributed by atoms with van der Waals surface area (Å²) in [6, 6.07) is 0. The van der Waals surface area contributed by atoms with E-state index in [1.807, 2.05) is 0 Å². The molecule has 0 fully saturated rings. The Morgan fingerprint density at radius 2 is 0.600 bits per heavy atom. The van der Waals surface area contributed by atoms with E-state index in [2.05, 4.69) is 97.9 Å². The summed E-state index contributed by atoms with van der Waals surface area (Å²) in [6.45, 7) is 35.4. The van der Waals surface area contributed by atoms with Gasteiger partial charge in [-0.05, 0) is 52.4 Å². The largest absolute Gasteiger partial charge is 0.550 e. The first-order valence-electron chi connectivity index (χ1n) is 17.7. The van der Waals surface area contributed by atoms with Crippen LogP contribution in [0.1, 0.15) is 68.2 Å². The van der Waals surface area contributed by atoms with E-state index in [1.165, 1.54) is 0 Å². The van der Waals surface area contributed by atoms with Crippen LogP contribution in [0.4, 0.5) is 0 Å². The molecule has 18 nitrogen and oxygen atoms in total. The van der Waals surface area contributed by atoms with Crippen molar-refractivity contribution in [3.05, 3.63) is 0 Å².